The maximum absolute atomic E-state index is 14.8. The molecule has 0 aliphatic rings. The Kier molecular flexibility index (Phi) is 57.3. The molecule has 1 rings (SSSR count). The number of carbonyl (C=O) groups is 23. The van der Waals surface area contributed by atoms with Crippen molar-refractivity contribution >= 4 is 148 Å². The Morgan fingerprint density at radius 3 is 0.934 bits per heavy atom. The number of amides is 17. The number of nitrogens with two attached hydrogens (primary N) is 5. The largest absolute Gasteiger partial charge is 0.481 e. The van der Waals surface area contributed by atoms with Crippen LogP contribution in [0.5, 0.6) is 0 Å². The zero-order valence-corrected chi connectivity index (χ0v) is 78.7. The minimum atomic E-state index is -2.11. The molecule has 0 aliphatic heterocycles. The molecular formula is C85H138N20O30S. The highest BCUT2D eigenvalue weighted by molar-refractivity contribution is 7.98. The molecule has 0 saturated heterocycles. The van der Waals surface area contributed by atoms with Crippen LogP contribution in [-0.4, -0.2) is 300 Å². The average molecular weight is 1950 g/mol. The topological polar surface area (TPSA) is 845 Å². The SMILES string of the molecule is CC[C@H](C)[C@H](NC(=O)[C@H](C)NC(=O)[C@H](CCC(=O)O)NC(=O)[C@H](Cc1ccccc1)NC(=O)[C@@H](NC(=O)[C@H](CCC(N)=O)NC(=O)[C@@H](N)CC(C)C)[C@@H](C)O)C(=O)N[C@@H](CCCCN)C(=O)N[C@@H](CCCCN)C(=O)N[C@@H](CCC(N)=O)C(=O)N[C@@H](CCSC)C(=O)N[C@H](C(=O)N[C@@H](CCC(=O)O)C(=O)N[C@@H](CCC(=O)O)C(=O)N[C@@H](CCC(=O)O)C(=O)N[C@@H](CC(=O)O)C(=O)O)[C@@H](C)CC. The van der Waals surface area contributed by atoms with Crippen LogP contribution in [-0.2, 0) is 117 Å². The van der Waals surface area contributed by atoms with E-state index >= 15 is 0 Å². The smallest absolute Gasteiger partial charge is 0.326 e. The van der Waals surface area contributed by atoms with Crippen molar-refractivity contribution in [1.82, 2.24) is 79.8 Å². The van der Waals surface area contributed by atoms with Gasteiger partial charge in [0.05, 0.1) is 18.6 Å². The lowest BCUT2D eigenvalue weighted by Gasteiger charge is -2.30. The summed E-state index contributed by atoms with van der Waals surface area (Å²) in [5.41, 5.74) is 29.1. The van der Waals surface area contributed by atoms with E-state index < -0.39 is 328 Å². The number of carbonyl (C=O) groups excluding carboxylic acids is 17. The van der Waals surface area contributed by atoms with E-state index in [0.717, 1.165) is 6.92 Å². The third-order valence-electron chi connectivity index (χ3n) is 21.5. The van der Waals surface area contributed by atoms with E-state index in [2.05, 4.69) is 74.4 Å². The summed E-state index contributed by atoms with van der Waals surface area (Å²) in [6, 6.07) is -19.2. The summed E-state index contributed by atoms with van der Waals surface area (Å²) in [7, 11) is 0. The fourth-order valence-corrected chi connectivity index (χ4v) is 13.7. The molecule has 0 aliphatic carbocycles. The summed E-state index contributed by atoms with van der Waals surface area (Å²) in [5, 5.41) is 104. The van der Waals surface area contributed by atoms with Crippen LogP contribution in [0.2, 0.25) is 0 Å². The van der Waals surface area contributed by atoms with Crippen LogP contribution >= 0.6 is 11.8 Å². The normalized spacial score (nSPS) is 15.3. The van der Waals surface area contributed by atoms with Gasteiger partial charge in [-0.25, -0.2) is 4.79 Å². The molecule has 0 aromatic heterocycles. The van der Waals surface area contributed by atoms with Gasteiger partial charge in [0.2, 0.25) is 100 Å². The van der Waals surface area contributed by atoms with Gasteiger partial charge < -0.3 is 144 Å². The predicted octanol–water partition coefficient (Wildman–Crippen LogP) is -6.07. The number of aliphatic carboxylic acids is 6. The molecule has 51 heteroatoms. The number of aliphatic hydroxyl groups is 1. The van der Waals surface area contributed by atoms with Crippen LogP contribution in [0.15, 0.2) is 30.3 Å². The average Bonchev–Trinajstić information content (AvgIpc) is 0.846. The number of hydrogen-bond donors (Lipinski definition) is 27. The number of benzene rings is 1. The number of thioether (sulfide) groups is 1. The number of carboxylic acids is 6. The molecular weight excluding hydrogens is 1810 g/mol. The summed E-state index contributed by atoms with van der Waals surface area (Å²) in [6.45, 7) is 12.4. The molecule has 0 spiro atoms. The predicted molar refractivity (Wildman–Crippen MR) is 486 cm³/mol. The first-order valence-corrected chi connectivity index (χ1v) is 46.1. The lowest BCUT2D eigenvalue weighted by atomic mass is 9.96. The minimum absolute atomic E-state index is 0.0485. The standard InChI is InChI=1S/C85H138N20O30S/c1-10-43(5)67(103-70(119)45(7)91-72(121)53(25-31-62(109)110)97-81(130)58(40-47-19-13-12-14-20-47)101-84(133)69(46(8)106)105-79(128)52(24-30-61(90)108)92-71(120)48(88)39-42(3)4)82(131)99-50(22-16-18-37-87)74(123)93-49(21-15-17-36-86)73(122)94-51(23-29-60(89)107)75(124)98-57(35-38-136-9)80(129)104-68(44(6)11-2)83(132)100-56(28-34-65(115)116)77(126)95-54(26-32-63(111)112)76(125)96-55(27-33-64(113)114)78(127)102-59(85(134)135)41-66(117)118/h12-14,19-20,42-46,48-59,67-69,106H,10-11,15-18,21-41,86-88H2,1-9H3,(H2,89,107)(H2,90,108)(H,91,121)(H,92,120)(H,93,123)(H,94,122)(H,95,126)(H,96,125)(H,97,130)(H,98,124)(H,99,131)(H,100,132)(H,101,133)(H,102,127)(H,103,119)(H,104,129)(H,105,128)(H,109,110)(H,111,112)(H,113,114)(H,115,116)(H,117,118)(H,134,135)/t43-,44-,45-,46+,48-,49-,50-,51-,52-,53-,54-,55-,56-,57-,58-,59-,67-,68-,69-/m0/s1. The summed E-state index contributed by atoms with van der Waals surface area (Å²) in [6.07, 6.45) is -9.06. The Hall–Kier alpha value is -12.8. The molecule has 0 fully saturated rings. The van der Waals surface area contributed by atoms with E-state index in [4.69, 9.17) is 28.7 Å². The zero-order chi connectivity index (χ0) is 103. The highest BCUT2D eigenvalue weighted by Crippen LogP contribution is 2.18. The fourth-order valence-electron chi connectivity index (χ4n) is 13.3. The van der Waals surface area contributed by atoms with Crippen molar-refractivity contribution in [3.8, 4) is 0 Å². The van der Waals surface area contributed by atoms with E-state index in [9.17, 15) is 146 Å². The Morgan fingerprint density at radius 1 is 0.331 bits per heavy atom. The highest BCUT2D eigenvalue weighted by atomic mass is 32.2. The first-order valence-electron chi connectivity index (χ1n) is 44.7. The minimum Gasteiger partial charge on any atom is -0.481 e. The van der Waals surface area contributed by atoms with Crippen molar-refractivity contribution in [2.24, 2.45) is 46.4 Å². The van der Waals surface area contributed by atoms with E-state index in [0.29, 0.717) is 5.56 Å². The fraction of sp³-hybridized carbons (Fsp3) is 0.659. The molecule has 0 radical (unpaired) electrons. The number of unbranched alkanes of at least 4 members (excludes halogenated alkanes) is 2. The third-order valence-corrected chi connectivity index (χ3v) is 22.2. The van der Waals surface area contributed by atoms with Gasteiger partial charge in [-0.1, -0.05) is 84.7 Å². The molecule has 0 bridgehead atoms. The first-order chi connectivity index (χ1) is 63.8. The monoisotopic (exact) mass is 1950 g/mol. The van der Waals surface area contributed by atoms with Gasteiger partial charge in [-0.2, -0.15) is 11.8 Å². The van der Waals surface area contributed by atoms with Crippen molar-refractivity contribution in [2.75, 3.05) is 25.1 Å². The number of rotatable bonds is 71. The molecule has 136 heavy (non-hydrogen) atoms. The van der Waals surface area contributed by atoms with Crippen LogP contribution in [0, 0.1) is 17.8 Å². The van der Waals surface area contributed by atoms with Gasteiger partial charge in [0.15, 0.2) is 0 Å². The molecule has 764 valence electrons. The molecule has 19 atom stereocenters. The molecule has 0 saturated carbocycles. The van der Waals surface area contributed by atoms with Gasteiger partial charge in [-0.3, -0.25) is 105 Å². The molecule has 17 amide bonds. The van der Waals surface area contributed by atoms with Gasteiger partial charge in [0, 0.05) is 44.9 Å². The number of nitrogens with one attached hydrogen (secondary N) is 15. The summed E-state index contributed by atoms with van der Waals surface area (Å²) in [4.78, 5) is 309. The van der Waals surface area contributed by atoms with Crippen molar-refractivity contribution in [1.29, 1.82) is 0 Å². The van der Waals surface area contributed by atoms with Crippen molar-refractivity contribution < 1.29 is 146 Å². The summed E-state index contributed by atoms with van der Waals surface area (Å²) >= 11 is 1.19. The molecule has 1 aromatic rings. The number of aliphatic hydroxyl groups excluding tert-OH is 1. The summed E-state index contributed by atoms with van der Waals surface area (Å²) in [5.74, 6) is -29.8. The Labute approximate surface area is 790 Å². The lowest BCUT2D eigenvalue weighted by molar-refractivity contribution is -0.147. The Balaban J connectivity index is 3.81. The van der Waals surface area contributed by atoms with Crippen LogP contribution in [0.1, 0.15) is 209 Å². The second kappa shape index (κ2) is 64.2. The quantitative estimate of drug-likeness (QED) is 0.0270. The Bertz CT molecular complexity index is 4230. The van der Waals surface area contributed by atoms with Crippen molar-refractivity contribution in [3.63, 3.8) is 0 Å². The van der Waals surface area contributed by atoms with Crippen LogP contribution in [0.4, 0.5) is 0 Å². The maximum Gasteiger partial charge on any atom is 0.326 e. The summed E-state index contributed by atoms with van der Waals surface area (Å²) < 4.78 is 0. The zero-order valence-electron chi connectivity index (χ0n) is 77.8. The number of hydrogen-bond acceptors (Lipinski definition) is 28. The van der Waals surface area contributed by atoms with Gasteiger partial charge in [0.25, 0.3) is 0 Å². The van der Waals surface area contributed by atoms with Crippen LogP contribution in [0.3, 0.4) is 0 Å². The molecule has 50 nitrogen and oxygen atoms in total. The lowest BCUT2D eigenvalue weighted by Crippen LogP contribution is -2.62. The van der Waals surface area contributed by atoms with E-state index in [1.54, 1.807) is 71.2 Å². The molecule has 0 unspecified atom stereocenters. The van der Waals surface area contributed by atoms with Crippen LogP contribution in [0.25, 0.3) is 0 Å². The van der Waals surface area contributed by atoms with Crippen molar-refractivity contribution in [3.05, 3.63) is 35.9 Å². The van der Waals surface area contributed by atoms with Gasteiger partial charge in [0.1, 0.15) is 90.6 Å². The maximum atomic E-state index is 14.8. The van der Waals surface area contributed by atoms with Gasteiger partial charge >= 0.3 is 35.8 Å². The second-order valence-electron chi connectivity index (χ2n) is 33.3. The Morgan fingerprint density at radius 2 is 0.618 bits per heavy atom. The van der Waals surface area contributed by atoms with Crippen molar-refractivity contribution in [2.45, 2.75) is 312 Å². The number of primary amides is 2. The molecule has 0 heterocycles. The van der Waals surface area contributed by atoms with Gasteiger partial charge in [-0.05, 0) is 152 Å². The van der Waals surface area contributed by atoms with Crippen LogP contribution < -0.4 is 108 Å². The third kappa shape index (κ3) is 47.9. The highest BCUT2D eigenvalue weighted by Gasteiger charge is 2.41. The number of carboxylic acid groups (broad SMARTS) is 6. The molecule has 1 aromatic carbocycles. The van der Waals surface area contributed by atoms with Gasteiger partial charge in [-0.15, -0.1) is 0 Å². The molecule has 32 N–H and O–H groups in total. The van der Waals surface area contributed by atoms with E-state index in [-0.39, 0.29) is 102 Å². The van der Waals surface area contributed by atoms with E-state index in [1.165, 1.54) is 25.6 Å². The van der Waals surface area contributed by atoms with E-state index in [1.807, 2.05) is 5.32 Å². The second-order valence-corrected chi connectivity index (χ2v) is 34.3. The first kappa shape index (κ1) is 121.